The van der Waals surface area contributed by atoms with Crippen molar-refractivity contribution in [3.05, 3.63) is 77.4 Å². The molecule has 1 aliphatic rings. The first-order valence-electron chi connectivity index (χ1n) is 8.19. The van der Waals surface area contributed by atoms with Crippen molar-refractivity contribution in [2.24, 2.45) is 0 Å². The molecule has 128 valence electrons. The third kappa shape index (κ3) is 3.77. The first-order chi connectivity index (χ1) is 12.2. The van der Waals surface area contributed by atoms with Gasteiger partial charge in [-0.1, -0.05) is 30.4 Å². The molecule has 0 bridgehead atoms. The van der Waals surface area contributed by atoms with E-state index in [1.165, 1.54) is 11.1 Å². The quantitative estimate of drug-likeness (QED) is 0.685. The number of allylic oxidation sites excluding steroid dienone is 5. The molecule has 0 heterocycles. The molecule has 3 nitrogen and oxygen atoms in total. The van der Waals surface area contributed by atoms with Crippen molar-refractivity contribution in [2.75, 3.05) is 21.3 Å². The number of ether oxygens (including phenoxy) is 3. The summed E-state index contributed by atoms with van der Waals surface area (Å²) in [5.74, 6) is 2.42. The summed E-state index contributed by atoms with van der Waals surface area (Å²) < 4.78 is 16.1. The van der Waals surface area contributed by atoms with Gasteiger partial charge in [-0.05, 0) is 53.5 Å². The molecule has 0 aromatic heterocycles. The molecule has 3 heteroatoms. The van der Waals surface area contributed by atoms with E-state index in [-0.39, 0.29) is 0 Å². The summed E-state index contributed by atoms with van der Waals surface area (Å²) in [5, 5.41) is 0. The van der Waals surface area contributed by atoms with Crippen LogP contribution in [0, 0.1) is 0 Å². The minimum atomic E-state index is 0.779. The fourth-order valence-corrected chi connectivity index (χ4v) is 2.87. The first-order valence-corrected chi connectivity index (χ1v) is 8.19. The molecule has 3 rings (SSSR count). The number of hydrogen-bond donors (Lipinski definition) is 0. The lowest BCUT2D eigenvalue weighted by molar-refractivity contribution is 0.394. The zero-order chi connectivity index (χ0) is 17.6. The Hall–Kier alpha value is -2.94. The van der Waals surface area contributed by atoms with Crippen LogP contribution in [0.2, 0.25) is 0 Å². The monoisotopic (exact) mass is 334 g/mol. The fourth-order valence-electron chi connectivity index (χ4n) is 2.87. The normalized spacial score (nSPS) is 13.6. The molecule has 0 aliphatic heterocycles. The van der Waals surface area contributed by atoms with Gasteiger partial charge in [0.25, 0.3) is 0 Å². The topological polar surface area (TPSA) is 27.7 Å². The van der Waals surface area contributed by atoms with Crippen LogP contribution in [0.5, 0.6) is 17.2 Å². The second-order valence-corrected chi connectivity index (χ2v) is 5.72. The van der Waals surface area contributed by atoms with Crippen molar-refractivity contribution in [3.8, 4) is 17.2 Å². The highest BCUT2D eigenvalue weighted by molar-refractivity contribution is 5.93. The highest BCUT2D eigenvalue weighted by atomic mass is 16.5. The molecular formula is C22H22O3. The lowest BCUT2D eigenvalue weighted by Gasteiger charge is -2.13. The van der Waals surface area contributed by atoms with E-state index in [4.69, 9.17) is 14.2 Å². The first kappa shape index (κ1) is 16.9. The van der Waals surface area contributed by atoms with Crippen LogP contribution in [0.15, 0.2) is 66.3 Å². The lowest BCUT2D eigenvalue weighted by Crippen LogP contribution is -1.93. The van der Waals surface area contributed by atoms with E-state index in [0.717, 1.165) is 34.8 Å². The minimum Gasteiger partial charge on any atom is -0.497 e. The summed E-state index contributed by atoms with van der Waals surface area (Å²) in [4.78, 5) is 0. The minimum absolute atomic E-state index is 0.779. The SMILES string of the molecule is COc1ccc(/C(=C/c2ccc(OC)cc2OC)C2=CC=CC2)cc1. The van der Waals surface area contributed by atoms with E-state index in [0.29, 0.717) is 0 Å². The largest absolute Gasteiger partial charge is 0.497 e. The third-order valence-corrected chi connectivity index (χ3v) is 4.26. The maximum absolute atomic E-state index is 5.54. The molecule has 0 saturated heterocycles. The van der Waals surface area contributed by atoms with Gasteiger partial charge in [0.05, 0.1) is 21.3 Å². The molecule has 0 spiro atoms. The number of benzene rings is 2. The van der Waals surface area contributed by atoms with Gasteiger partial charge >= 0.3 is 0 Å². The highest BCUT2D eigenvalue weighted by Crippen LogP contribution is 2.34. The molecule has 0 radical (unpaired) electrons. The molecule has 2 aromatic carbocycles. The van der Waals surface area contributed by atoms with E-state index < -0.39 is 0 Å². The summed E-state index contributed by atoms with van der Waals surface area (Å²) in [6, 6.07) is 14.0. The smallest absolute Gasteiger partial charge is 0.129 e. The van der Waals surface area contributed by atoms with Crippen LogP contribution in [0.3, 0.4) is 0 Å². The van der Waals surface area contributed by atoms with Crippen LogP contribution < -0.4 is 14.2 Å². The average Bonchev–Trinajstić information content (AvgIpc) is 3.20. The van der Waals surface area contributed by atoms with Crippen LogP contribution >= 0.6 is 0 Å². The van der Waals surface area contributed by atoms with E-state index in [9.17, 15) is 0 Å². The molecule has 2 aromatic rings. The van der Waals surface area contributed by atoms with Crippen molar-refractivity contribution in [3.63, 3.8) is 0 Å². The Morgan fingerprint density at radius 2 is 1.60 bits per heavy atom. The van der Waals surface area contributed by atoms with Crippen molar-refractivity contribution in [1.82, 2.24) is 0 Å². The van der Waals surface area contributed by atoms with E-state index in [1.54, 1.807) is 21.3 Å². The zero-order valence-electron chi connectivity index (χ0n) is 14.8. The fraction of sp³-hybridized carbons (Fsp3) is 0.182. The van der Waals surface area contributed by atoms with Gasteiger partial charge in [-0.3, -0.25) is 0 Å². The second-order valence-electron chi connectivity index (χ2n) is 5.72. The maximum Gasteiger partial charge on any atom is 0.129 e. The summed E-state index contributed by atoms with van der Waals surface area (Å²) in [5.41, 5.74) is 4.62. The van der Waals surface area contributed by atoms with Crippen LogP contribution in [-0.4, -0.2) is 21.3 Å². The Balaban J connectivity index is 2.06. The van der Waals surface area contributed by atoms with Crippen molar-refractivity contribution in [2.45, 2.75) is 6.42 Å². The zero-order valence-corrected chi connectivity index (χ0v) is 14.8. The standard InChI is InChI=1S/C22H22O3/c1-23-19-11-8-17(9-12-19)21(16-6-4-5-7-16)14-18-10-13-20(24-2)15-22(18)25-3/h4-6,8-15H,7H2,1-3H3/b21-14+. The maximum atomic E-state index is 5.54. The Morgan fingerprint density at radius 1 is 0.880 bits per heavy atom. The summed E-state index contributed by atoms with van der Waals surface area (Å²) in [6.07, 6.45) is 9.51. The molecule has 25 heavy (non-hydrogen) atoms. The Morgan fingerprint density at radius 3 is 2.20 bits per heavy atom. The van der Waals surface area contributed by atoms with Crippen molar-refractivity contribution < 1.29 is 14.2 Å². The third-order valence-electron chi connectivity index (χ3n) is 4.26. The van der Waals surface area contributed by atoms with E-state index >= 15 is 0 Å². The average molecular weight is 334 g/mol. The van der Waals surface area contributed by atoms with Gasteiger partial charge in [0.15, 0.2) is 0 Å². The van der Waals surface area contributed by atoms with Crippen LogP contribution in [0.1, 0.15) is 17.5 Å². The van der Waals surface area contributed by atoms with E-state index in [1.807, 2.05) is 30.3 Å². The van der Waals surface area contributed by atoms with Crippen LogP contribution in [-0.2, 0) is 0 Å². The summed E-state index contributed by atoms with van der Waals surface area (Å²) >= 11 is 0. The van der Waals surface area contributed by atoms with Gasteiger partial charge in [0.2, 0.25) is 0 Å². The molecular weight excluding hydrogens is 312 g/mol. The van der Waals surface area contributed by atoms with Gasteiger partial charge in [0.1, 0.15) is 17.2 Å². The van der Waals surface area contributed by atoms with Gasteiger partial charge in [-0.25, -0.2) is 0 Å². The molecule has 0 amide bonds. The molecule has 0 fully saturated rings. The molecule has 1 aliphatic carbocycles. The number of rotatable bonds is 6. The van der Waals surface area contributed by atoms with Crippen molar-refractivity contribution >= 4 is 11.6 Å². The molecule has 0 unspecified atom stereocenters. The van der Waals surface area contributed by atoms with Crippen molar-refractivity contribution in [1.29, 1.82) is 0 Å². The predicted molar refractivity (Wildman–Crippen MR) is 102 cm³/mol. The lowest BCUT2D eigenvalue weighted by atomic mass is 9.94. The second kappa shape index (κ2) is 7.75. The van der Waals surface area contributed by atoms with Gasteiger partial charge < -0.3 is 14.2 Å². The number of methoxy groups -OCH3 is 3. The summed E-state index contributed by atoms with van der Waals surface area (Å²) in [6.45, 7) is 0. The molecule has 0 atom stereocenters. The summed E-state index contributed by atoms with van der Waals surface area (Å²) in [7, 11) is 5.01. The van der Waals surface area contributed by atoms with Gasteiger partial charge in [0, 0.05) is 11.6 Å². The highest BCUT2D eigenvalue weighted by Gasteiger charge is 2.12. The van der Waals surface area contributed by atoms with Gasteiger partial charge in [-0.15, -0.1) is 0 Å². The molecule has 0 saturated carbocycles. The van der Waals surface area contributed by atoms with Crippen LogP contribution in [0.4, 0.5) is 0 Å². The Labute approximate surface area is 148 Å². The van der Waals surface area contributed by atoms with Crippen LogP contribution in [0.25, 0.3) is 11.6 Å². The Bertz CT molecular complexity index is 827. The van der Waals surface area contributed by atoms with Gasteiger partial charge in [-0.2, -0.15) is 0 Å². The Kier molecular flexibility index (Phi) is 5.24. The predicted octanol–water partition coefficient (Wildman–Crippen LogP) is 5.14. The molecule has 0 N–H and O–H groups in total. The van der Waals surface area contributed by atoms with E-state index in [2.05, 4.69) is 36.4 Å². The number of hydrogen-bond acceptors (Lipinski definition) is 3.